The third-order valence-corrected chi connectivity index (χ3v) is 5.25. The maximum absolute atomic E-state index is 12.3. The molecule has 114 valence electrons. The number of rotatable bonds is 4. The van der Waals surface area contributed by atoms with E-state index >= 15 is 0 Å². The molecule has 0 saturated heterocycles. The van der Waals surface area contributed by atoms with Crippen LogP contribution >= 0.6 is 22.7 Å². The lowest BCUT2D eigenvalue weighted by Gasteiger charge is -2.03. The highest BCUT2D eigenvalue weighted by Gasteiger charge is 2.09. The number of thiophene rings is 1. The predicted octanol–water partition coefficient (Wildman–Crippen LogP) is 4.55. The molecular weight excluding hydrogens is 328 g/mol. The van der Waals surface area contributed by atoms with Crippen molar-refractivity contribution in [2.75, 3.05) is 0 Å². The molecule has 1 amide bonds. The summed E-state index contributed by atoms with van der Waals surface area (Å²) in [6, 6.07) is 9.57. The van der Waals surface area contributed by atoms with Crippen LogP contribution in [0.5, 0.6) is 0 Å². The molecule has 0 fully saturated rings. The number of amides is 1. The molecule has 0 atom stereocenters. The zero-order valence-corrected chi connectivity index (χ0v) is 13.6. The Bertz CT molecular complexity index is 954. The van der Waals surface area contributed by atoms with Gasteiger partial charge < -0.3 is 9.73 Å². The van der Waals surface area contributed by atoms with Crippen LogP contribution in [0.3, 0.4) is 0 Å². The fourth-order valence-electron chi connectivity index (χ4n) is 2.32. The summed E-state index contributed by atoms with van der Waals surface area (Å²) in [4.78, 5) is 17.6. The molecule has 0 aliphatic heterocycles. The highest BCUT2D eigenvalue weighted by Crippen LogP contribution is 2.26. The molecule has 0 radical (unpaired) electrons. The maximum Gasteiger partial charge on any atom is 0.251 e. The van der Waals surface area contributed by atoms with Crippen LogP contribution in [0.25, 0.3) is 21.3 Å². The Kier molecular flexibility index (Phi) is 3.69. The van der Waals surface area contributed by atoms with Crippen LogP contribution in [0.15, 0.2) is 58.2 Å². The Morgan fingerprint density at radius 1 is 1.17 bits per heavy atom. The van der Waals surface area contributed by atoms with Crippen molar-refractivity contribution in [1.82, 2.24) is 10.3 Å². The normalized spacial score (nSPS) is 11.0. The smallest absolute Gasteiger partial charge is 0.251 e. The van der Waals surface area contributed by atoms with Crippen LogP contribution < -0.4 is 5.32 Å². The van der Waals surface area contributed by atoms with E-state index in [0.717, 1.165) is 26.2 Å². The Morgan fingerprint density at radius 2 is 2.13 bits per heavy atom. The van der Waals surface area contributed by atoms with Crippen molar-refractivity contribution in [3.63, 3.8) is 0 Å². The molecule has 3 aromatic heterocycles. The first-order valence-corrected chi connectivity index (χ1v) is 8.77. The SMILES string of the molecule is O=C(NCc1cc(-c2ccoc2)cs1)c1ccc2ncsc2c1. The Morgan fingerprint density at radius 3 is 3.00 bits per heavy atom. The molecule has 0 spiro atoms. The Hall–Kier alpha value is -2.44. The second-order valence-electron chi connectivity index (χ2n) is 5.03. The number of hydrogen-bond acceptors (Lipinski definition) is 5. The zero-order chi connectivity index (χ0) is 15.6. The fourth-order valence-corrected chi connectivity index (χ4v) is 3.87. The van der Waals surface area contributed by atoms with Crippen molar-refractivity contribution in [1.29, 1.82) is 0 Å². The number of hydrogen-bond donors (Lipinski definition) is 1. The van der Waals surface area contributed by atoms with Crippen LogP contribution in [-0.2, 0) is 6.54 Å². The number of furan rings is 1. The molecule has 4 rings (SSSR count). The van der Waals surface area contributed by atoms with Crippen molar-refractivity contribution in [2.45, 2.75) is 6.54 Å². The van der Waals surface area contributed by atoms with E-state index in [2.05, 4.69) is 21.7 Å². The third kappa shape index (κ3) is 2.91. The molecule has 1 aromatic carbocycles. The number of nitrogens with one attached hydrogen (secondary N) is 1. The fraction of sp³-hybridized carbons (Fsp3) is 0.0588. The van der Waals surface area contributed by atoms with Gasteiger partial charge in [0.05, 0.1) is 34.8 Å². The predicted molar refractivity (Wildman–Crippen MR) is 92.8 cm³/mol. The van der Waals surface area contributed by atoms with Gasteiger partial charge in [-0.3, -0.25) is 4.79 Å². The second-order valence-corrected chi connectivity index (χ2v) is 6.91. The minimum Gasteiger partial charge on any atom is -0.472 e. The molecule has 0 unspecified atom stereocenters. The van der Waals surface area contributed by atoms with Gasteiger partial charge in [-0.05, 0) is 41.3 Å². The lowest BCUT2D eigenvalue weighted by atomic mass is 10.2. The van der Waals surface area contributed by atoms with Crippen LogP contribution in [0, 0.1) is 0 Å². The average Bonchev–Trinajstić information content (AvgIpc) is 3.32. The zero-order valence-electron chi connectivity index (χ0n) is 12.0. The van der Waals surface area contributed by atoms with Gasteiger partial charge in [0.2, 0.25) is 0 Å². The monoisotopic (exact) mass is 340 g/mol. The summed E-state index contributed by atoms with van der Waals surface area (Å²) in [7, 11) is 0. The van der Waals surface area contributed by atoms with E-state index in [0.29, 0.717) is 12.1 Å². The summed E-state index contributed by atoms with van der Waals surface area (Å²) >= 11 is 3.16. The van der Waals surface area contributed by atoms with Crippen LogP contribution in [0.4, 0.5) is 0 Å². The number of fused-ring (bicyclic) bond motifs is 1. The van der Waals surface area contributed by atoms with Gasteiger partial charge >= 0.3 is 0 Å². The Labute approximate surface area is 140 Å². The number of aromatic nitrogens is 1. The molecule has 6 heteroatoms. The van der Waals surface area contributed by atoms with E-state index in [4.69, 9.17) is 4.42 Å². The molecule has 0 aliphatic rings. The number of nitrogens with zero attached hydrogens (tertiary/aromatic N) is 1. The van der Waals surface area contributed by atoms with Gasteiger partial charge in [-0.1, -0.05) is 0 Å². The van der Waals surface area contributed by atoms with Gasteiger partial charge in [0.15, 0.2) is 0 Å². The van der Waals surface area contributed by atoms with Crippen molar-refractivity contribution in [2.24, 2.45) is 0 Å². The first kappa shape index (κ1) is 14.2. The minimum absolute atomic E-state index is 0.0708. The quantitative estimate of drug-likeness (QED) is 0.593. The average molecular weight is 340 g/mol. The molecule has 0 bridgehead atoms. The minimum atomic E-state index is -0.0708. The van der Waals surface area contributed by atoms with E-state index in [1.54, 1.807) is 29.4 Å². The van der Waals surface area contributed by atoms with E-state index in [9.17, 15) is 4.79 Å². The van der Waals surface area contributed by atoms with Crippen LogP contribution in [0.1, 0.15) is 15.2 Å². The summed E-state index contributed by atoms with van der Waals surface area (Å²) in [6.45, 7) is 0.516. The molecular formula is C17H12N2O2S2. The molecule has 0 aliphatic carbocycles. The van der Waals surface area contributed by atoms with E-state index in [1.807, 2.05) is 24.3 Å². The van der Waals surface area contributed by atoms with Gasteiger partial charge in [-0.15, -0.1) is 22.7 Å². The first-order valence-electron chi connectivity index (χ1n) is 7.01. The molecule has 0 saturated carbocycles. The van der Waals surface area contributed by atoms with E-state index in [1.165, 1.54) is 11.3 Å². The molecule has 1 N–H and O–H groups in total. The standard InChI is InChI=1S/C17H12N2O2S2/c20-17(11-1-2-15-16(6-11)23-10-19-15)18-7-14-5-13(9-22-14)12-3-4-21-8-12/h1-6,8-10H,7H2,(H,18,20). The van der Waals surface area contributed by atoms with Crippen LogP contribution in [-0.4, -0.2) is 10.9 Å². The molecule has 4 nitrogen and oxygen atoms in total. The van der Waals surface area contributed by atoms with Gasteiger partial charge in [0.1, 0.15) is 0 Å². The van der Waals surface area contributed by atoms with Crippen molar-refractivity contribution in [3.8, 4) is 11.1 Å². The summed E-state index contributed by atoms with van der Waals surface area (Å²) < 4.78 is 6.12. The van der Waals surface area contributed by atoms with Crippen molar-refractivity contribution in [3.05, 3.63) is 64.2 Å². The maximum atomic E-state index is 12.3. The first-order chi connectivity index (χ1) is 11.3. The van der Waals surface area contributed by atoms with Crippen molar-refractivity contribution >= 4 is 38.8 Å². The van der Waals surface area contributed by atoms with Gasteiger partial charge in [-0.25, -0.2) is 4.98 Å². The second kappa shape index (κ2) is 5.98. The summed E-state index contributed by atoms with van der Waals surface area (Å²) in [6.07, 6.45) is 3.37. The summed E-state index contributed by atoms with van der Waals surface area (Å²) in [5.41, 5.74) is 5.53. The number of benzene rings is 1. The lowest BCUT2D eigenvalue weighted by molar-refractivity contribution is 0.0951. The topological polar surface area (TPSA) is 55.1 Å². The molecule has 3 heterocycles. The number of carbonyl (C=O) groups excluding carboxylic acids is 1. The summed E-state index contributed by atoms with van der Waals surface area (Å²) in [5.74, 6) is -0.0708. The molecule has 4 aromatic rings. The highest BCUT2D eigenvalue weighted by atomic mass is 32.1. The van der Waals surface area contributed by atoms with Gasteiger partial charge in [0.25, 0.3) is 5.91 Å². The van der Waals surface area contributed by atoms with Gasteiger partial charge in [0, 0.05) is 16.0 Å². The largest absolute Gasteiger partial charge is 0.472 e. The van der Waals surface area contributed by atoms with E-state index < -0.39 is 0 Å². The molecule has 23 heavy (non-hydrogen) atoms. The van der Waals surface area contributed by atoms with E-state index in [-0.39, 0.29) is 5.91 Å². The third-order valence-electron chi connectivity index (χ3n) is 3.52. The Balaban J connectivity index is 1.45. The summed E-state index contributed by atoms with van der Waals surface area (Å²) in [5, 5.41) is 5.03. The number of carbonyl (C=O) groups is 1. The van der Waals surface area contributed by atoms with Crippen LogP contribution in [0.2, 0.25) is 0 Å². The van der Waals surface area contributed by atoms with Crippen molar-refractivity contribution < 1.29 is 9.21 Å². The van der Waals surface area contributed by atoms with Gasteiger partial charge in [-0.2, -0.15) is 0 Å². The highest BCUT2D eigenvalue weighted by molar-refractivity contribution is 7.16. The number of thiazole rings is 1. The lowest BCUT2D eigenvalue weighted by Crippen LogP contribution is -2.22.